The minimum absolute atomic E-state index is 0.0291. The van der Waals surface area contributed by atoms with E-state index in [1.165, 1.54) is 6.42 Å². The second-order valence-electron chi connectivity index (χ2n) is 8.59. The molecule has 4 rings (SSSR count). The van der Waals surface area contributed by atoms with Crippen LogP contribution < -0.4 is 10.6 Å². The predicted molar refractivity (Wildman–Crippen MR) is 120 cm³/mol. The van der Waals surface area contributed by atoms with Gasteiger partial charge in [0.05, 0.1) is 24.1 Å². The Morgan fingerprint density at radius 2 is 1.80 bits per heavy atom. The summed E-state index contributed by atoms with van der Waals surface area (Å²) in [6.45, 7) is 4.00. The number of hydrogen-bond acceptors (Lipinski definition) is 5. The van der Waals surface area contributed by atoms with Crippen molar-refractivity contribution < 1.29 is 13.2 Å². The lowest BCUT2D eigenvalue weighted by atomic mass is 10.00. The van der Waals surface area contributed by atoms with Gasteiger partial charge in [-0.2, -0.15) is 0 Å². The Morgan fingerprint density at radius 1 is 1.07 bits per heavy atom. The summed E-state index contributed by atoms with van der Waals surface area (Å²) in [6.07, 6.45) is 3.45. The SMILES string of the molecule is CC(NC(=O)CNC1CS(=O)(=O)CC1N1CCCCC1)c1cccc2ccccc12. The standard InChI is InChI=1S/C23H31N3O3S/c1-17(19-11-7-9-18-8-3-4-10-20(18)19)25-23(27)14-24-21-15-30(28,29)16-22(21)26-12-5-2-6-13-26/h3-4,7-11,17,21-22,24H,2,5-6,12-16H2,1H3,(H,25,27). The topological polar surface area (TPSA) is 78.5 Å². The van der Waals surface area contributed by atoms with Crippen LogP contribution in [0.1, 0.15) is 37.8 Å². The Hall–Kier alpha value is -1.96. The fourth-order valence-electron chi connectivity index (χ4n) is 4.86. The number of hydrogen-bond donors (Lipinski definition) is 2. The van der Waals surface area contributed by atoms with Gasteiger partial charge in [-0.15, -0.1) is 0 Å². The molecule has 2 aliphatic heterocycles. The predicted octanol–water partition coefficient (Wildman–Crippen LogP) is 2.26. The average Bonchev–Trinajstić information content (AvgIpc) is 3.07. The van der Waals surface area contributed by atoms with Crippen LogP contribution in [0.3, 0.4) is 0 Å². The van der Waals surface area contributed by atoms with Crippen molar-refractivity contribution in [1.82, 2.24) is 15.5 Å². The van der Waals surface area contributed by atoms with Crippen molar-refractivity contribution in [3.05, 3.63) is 48.0 Å². The van der Waals surface area contributed by atoms with Crippen LogP contribution in [0.4, 0.5) is 0 Å². The summed E-state index contributed by atoms with van der Waals surface area (Å²) < 4.78 is 24.5. The van der Waals surface area contributed by atoms with Gasteiger partial charge >= 0.3 is 0 Å². The zero-order chi connectivity index (χ0) is 21.1. The van der Waals surface area contributed by atoms with Crippen LogP contribution in [0.15, 0.2) is 42.5 Å². The second kappa shape index (κ2) is 9.04. The molecule has 2 aromatic carbocycles. The highest BCUT2D eigenvalue weighted by molar-refractivity contribution is 7.91. The van der Waals surface area contributed by atoms with E-state index in [0.29, 0.717) is 0 Å². The zero-order valence-corrected chi connectivity index (χ0v) is 18.3. The fourth-order valence-corrected chi connectivity index (χ4v) is 6.84. The van der Waals surface area contributed by atoms with Crippen LogP contribution in [-0.2, 0) is 14.6 Å². The van der Waals surface area contributed by atoms with Gasteiger partial charge in [0.15, 0.2) is 9.84 Å². The summed E-state index contributed by atoms with van der Waals surface area (Å²) in [5.74, 6) is 0.191. The third kappa shape index (κ3) is 4.85. The number of carbonyl (C=O) groups excluding carboxylic acids is 1. The first-order chi connectivity index (χ1) is 14.4. The highest BCUT2D eigenvalue weighted by atomic mass is 32.2. The van der Waals surface area contributed by atoms with Gasteiger partial charge in [0.2, 0.25) is 5.91 Å². The Balaban J connectivity index is 1.37. The number of nitrogens with zero attached hydrogens (tertiary/aromatic N) is 1. The first-order valence-electron chi connectivity index (χ1n) is 10.9. The van der Waals surface area contributed by atoms with Gasteiger partial charge in [0.1, 0.15) is 0 Å². The quantitative estimate of drug-likeness (QED) is 0.737. The summed E-state index contributed by atoms with van der Waals surface area (Å²) in [6, 6.07) is 13.9. The monoisotopic (exact) mass is 429 g/mol. The van der Waals surface area contributed by atoms with Crippen LogP contribution in [0.5, 0.6) is 0 Å². The average molecular weight is 430 g/mol. The van der Waals surface area contributed by atoms with Gasteiger partial charge in [-0.1, -0.05) is 48.9 Å². The van der Waals surface area contributed by atoms with Crippen LogP contribution in [0.25, 0.3) is 10.8 Å². The molecule has 6 nitrogen and oxygen atoms in total. The van der Waals surface area contributed by atoms with Gasteiger partial charge in [0.25, 0.3) is 0 Å². The molecule has 1 amide bonds. The first-order valence-corrected chi connectivity index (χ1v) is 12.7. The number of rotatable bonds is 6. The lowest BCUT2D eigenvalue weighted by Crippen LogP contribution is -2.52. The summed E-state index contributed by atoms with van der Waals surface area (Å²) in [7, 11) is -3.07. The summed E-state index contributed by atoms with van der Waals surface area (Å²) in [5, 5.41) is 8.59. The van der Waals surface area contributed by atoms with Crippen molar-refractivity contribution in [3.63, 3.8) is 0 Å². The number of likely N-dealkylation sites (tertiary alicyclic amines) is 1. The third-order valence-corrected chi connectivity index (χ3v) is 8.09. The minimum atomic E-state index is -3.07. The van der Waals surface area contributed by atoms with Gasteiger partial charge in [0, 0.05) is 12.1 Å². The van der Waals surface area contributed by atoms with Crippen molar-refractivity contribution in [2.45, 2.75) is 44.3 Å². The van der Waals surface area contributed by atoms with Crippen molar-refractivity contribution in [2.75, 3.05) is 31.1 Å². The first kappa shape index (κ1) is 21.3. The minimum Gasteiger partial charge on any atom is -0.348 e. The van der Waals surface area contributed by atoms with Crippen LogP contribution in [-0.4, -0.2) is 62.4 Å². The lowest BCUT2D eigenvalue weighted by Gasteiger charge is -2.35. The molecule has 3 atom stereocenters. The maximum Gasteiger partial charge on any atom is 0.234 e. The molecule has 2 N–H and O–H groups in total. The summed E-state index contributed by atoms with van der Waals surface area (Å²) in [4.78, 5) is 14.9. The van der Waals surface area contributed by atoms with Crippen molar-refractivity contribution in [2.24, 2.45) is 0 Å². The van der Waals surface area contributed by atoms with E-state index in [1.807, 2.05) is 31.2 Å². The number of benzene rings is 2. The maximum absolute atomic E-state index is 12.6. The number of nitrogens with one attached hydrogen (secondary N) is 2. The van der Waals surface area contributed by atoms with E-state index in [9.17, 15) is 13.2 Å². The highest BCUT2D eigenvalue weighted by Crippen LogP contribution is 2.24. The molecule has 0 saturated carbocycles. The molecule has 30 heavy (non-hydrogen) atoms. The number of fused-ring (bicyclic) bond motifs is 1. The van der Waals surface area contributed by atoms with Gasteiger partial charge in [-0.25, -0.2) is 8.42 Å². The normalized spacial score (nSPS) is 25.2. The molecule has 0 bridgehead atoms. The highest BCUT2D eigenvalue weighted by Gasteiger charge is 2.41. The molecule has 3 unspecified atom stereocenters. The second-order valence-corrected chi connectivity index (χ2v) is 10.7. The molecule has 2 saturated heterocycles. The molecular weight excluding hydrogens is 398 g/mol. The van der Waals surface area contributed by atoms with E-state index in [2.05, 4.69) is 33.7 Å². The van der Waals surface area contributed by atoms with E-state index < -0.39 is 9.84 Å². The Labute approximate surface area is 178 Å². The van der Waals surface area contributed by atoms with Crippen molar-refractivity contribution in [3.8, 4) is 0 Å². The Bertz CT molecular complexity index is 996. The summed E-state index contributed by atoms with van der Waals surface area (Å²) in [5.41, 5.74) is 1.08. The van der Waals surface area contributed by atoms with Crippen LogP contribution in [0.2, 0.25) is 0 Å². The molecule has 0 aliphatic carbocycles. The molecule has 2 aliphatic rings. The molecule has 0 radical (unpaired) electrons. The smallest absolute Gasteiger partial charge is 0.234 e. The molecular formula is C23H31N3O3S. The van der Waals surface area contributed by atoms with Crippen LogP contribution >= 0.6 is 0 Å². The number of piperidine rings is 1. The van der Waals surface area contributed by atoms with E-state index in [0.717, 1.165) is 42.3 Å². The number of sulfone groups is 1. The Morgan fingerprint density at radius 3 is 2.60 bits per heavy atom. The molecule has 2 aromatic rings. The van der Waals surface area contributed by atoms with Gasteiger partial charge in [-0.3, -0.25) is 9.69 Å². The van der Waals surface area contributed by atoms with E-state index in [-0.39, 0.29) is 42.1 Å². The Kier molecular flexibility index (Phi) is 6.41. The van der Waals surface area contributed by atoms with Crippen molar-refractivity contribution >= 4 is 26.5 Å². The molecule has 2 fully saturated rings. The third-order valence-electron chi connectivity index (χ3n) is 6.37. The lowest BCUT2D eigenvalue weighted by molar-refractivity contribution is -0.121. The van der Waals surface area contributed by atoms with E-state index >= 15 is 0 Å². The zero-order valence-electron chi connectivity index (χ0n) is 17.5. The van der Waals surface area contributed by atoms with E-state index in [1.54, 1.807) is 0 Å². The van der Waals surface area contributed by atoms with Crippen LogP contribution in [0, 0.1) is 0 Å². The fraction of sp³-hybridized carbons (Fsp3) is 0.522. The molecule has 162 valence electrons. The molecule has 0 aromatic heterocycles. The number of amides is 1. The van der Waals surface area contributed by atoms with Gasteiger partial charge in [-0.05, 0) is 49.2 Å². The maximum atomic E-state index is 12.6. The number of carbonyl (C=O) groups is 1. The van der Waals surface area contributed by atoms with E-state index in [4.69, 9.17) is 0 Å². The molecule has 0 spiro atoms. The molecule has 2 heterocycles. The largest absolute Gasteiger partial charge is 0.348 e. The van der Waals surface area contributed by atoms with Crippen molar-refractivity contribution in [1.29, 1.82) is 0 Å². The van der Waals surface area contributed by atoms with Gasteiger partial charge < -0.3 is 10.6 Å². The molecule has 7 heteroatoms. The summed E-state index contributed by atoms with van der Waals surface area (Å²) >= 11 is 0.